The van der Waals surface area contributed by atoms with Crippen LogP contribution in [0.25, 0.3) is 0 Å². The van der Waals surface area contributed by atoms with Gasteiger partial charge in [0.2, 0.25) is 11.9 Å². The van der Waals surface area contributed by atoms with Crippen molar-refractivity contribution >= 4 is 47.4 Å². The highest BCUT2D eigenvalue weighted by molar-refractivity contribution is 6.06. The second-order valence-corrected chi connectivity index (χ2v) is 8.14. The summed E-state index contributed by atoms with van der Waals surface area (Å²) in [6.07, 6.45) is -2.34. The van der Waals surface area contributed by atoms with Gasteiger partial charge in [0.15, 0.2) is 0 Å². The third kappa shape index (κ3) is 9.18. The largest absolute Gasteiger partial charge is 0.444 e. The van der Waals surface area contributed by atoms with E-state index in [2.05, 4.69) is 30.4 Å². The number of esters is 2. The van der Waals surface area contributed by atoms with E-state index in [4.69, 9.17) is 0 Å². The SMILES string of the molecule is O=C(CNC(=NC(=O)OC(=O)c1ccc([N+](=O)[O-])cc1)NC(=O)OC(=O)c1ccc([N+](=O)[O-])cc1)N[C@H]1CCNC1. The molecular weight excluding hydrogens is 550 g/mol. The van der Waals surface area contributed by atoms with Gasteiger partial charge in [-0.25, -0.2) is 19.2 Å². The summed E-state index contributed by atoms with van der Waals surface area (Å²) in [4.78, 5) is 84.6. The Morgan fingerprint density at radius 1 is 0.878 bits per heavy atom. The first-order chi connectivity index (χ1) is 19.5. The lowest BCUT2D eigenvalue weighted by Crippen LogP contribution is -2.48. The molecule has 1 heterocycles. The van der Waals surface area contributed by atoms with Gasteiger partial charge < -0.3 is 25.4 Å². The van der Waals surface area contributed by atoms with Crippen LogP contribution in [0.3, 0.4) is 0 Å². The average Bonchev–Trinajstić information content (AvgIpc) is 3.44. The van der Waals surface area contributed by atoms with Crippen LogP contribution in [-0.4, -0.2) is 71.5 Å². The van der Waals surface area contributed by atoms with Crippen molar-refractivity contribution in [3.05, 3.63) is 79.9 Å². The molecule has 1 saturated heterocycles. The van der Waals surface area contributed by atoms with Crippen LogP contribution in [0.1, 0.15) is 27.1 Å². The number of nitro benzene ring substituents is 2. The van der Waals surface area contributed by atoms with Crippen LogP contribution in [0.5, 0.6) is 0 Å². The smallest absolute Gasteiger partial charge is 0.372 e. The Kier molecular flexibility index (Phi) is 10.1. The van der Waals surface area contributed by atoms with Crippen molar-refractivity contribution in [3.8, 4) is 0 Å². The number of carbonyl (C=O) groups is 5. The van der Waals surface area contributed by atoms with Gasteiger partial charge in [0, 0.05) is 36.9 Å². The van der Waals surface area contributed by atoms with E-state index >= 15 is 0 Å². The molecule has 18 nitrogen and oxygen atoms in total. The van der Waals surface area contributed by atoms with Crippen molar-refractivity contribution in [2.24, 2.45) is 4.99 Å². The first-order valence-corrected chi connectivity index (χ1v) is 11.6. The lowest BCUT2D eigenvalue weighted by atomic mass is 10.2. The molecule has 2 aromatic rings. The van der Waals surface area contributed by atoms with Crippen molar-refractivity contribution in [1.29, 1.82) is 0 Å². The molecule has 1 atom stereocenters. The average molecular weight is 571 g/mol. The summed E-state index contributed by atoms with van der Waals surface area (Å²) in [6.45, 7) is 0.741. The third-order valence-electron chi connectivity index (χ3n) is 5.26. The zero-order valence-corrected chi connectivity index (χ0v) is 20.9. The minimum atomic E-state index is -1.56. The van der Waals surface area contributed by atoms with E-state index in [-0.39, 0.29) is 28.5 Å². The molecule has 0 saturated carbocycles. The zero-order valence-electron chi connectivity index (χ0n) is 20.9. The number of amides is 3. The summed E-state index contributed by atoms with van der Waals surface area (Å²) in [5.41, 5.74) is -1.05. The number of rotatable bonds is 7. The number of ether oxygens (including phenoxy) is 2. The fraction of sp³-hybridized carbons (Fsp3) is 0.217. The van der Waals surface area contributed by atoms with Crippen LogP contribution in [0.15, 0.2) is 53.5 Å². The number of hydrogen-bond donors (Lipinski definition) is 4. The summed E-state index contributed by atoms with van der Waals surface area (Å²) in [6, 6.07) is 8.07. The standard InChI is InChI=1S/C23H21N7O11/c31-18(26-15-9-10-24-11-15)12-25-21(27-22(34)40-19(32)13-1-5-16(6-2-13)29(36)37)28-23(35)41-20(33)14-3-7-17(8-4-14)30(38)39/h1-8,15,24H,9-12H2,(H,26,31)(H2,25,27,28,34,35)/t15-/m0/s1. The van der Waals surface area contributed by atoms with Gasteiger partial charge in [-0.2, -0.15) is 0 Å². The fourth-order valence-electron chi connectivity index (χ4n) is 3.29. The molecular formula is C23H21N7O11. The number of nitrogens with one attached hydrogen (secondary N) is 4. The number of nitrogens with zero attached hydrogens (tertiary/aromatic N) is 3. The molecule has 0 aliphatic carbocycles. The van der Waals surface area contributed by atoms with Crippen molar-refractivity contribution < 1.29 is 43.3 Å². The van der Waals surface area contributed by atoms with Gasteiger partial charge in [-0.3, -0.25) is 30.3 Å². The molecule has 41 heavy (non-hydrogen) atoms. The van der Waals surface area contributed by atoms with Gasteiger partial charge >= 0.3 is 24.1 Å². The summed E-state index contributed by atoms with van der Waals surface area (Å²) in [5, 5.41) is 31.5. The maximum atomic E-state index is 12.3. The number of non-ortho nitro benzene ring substituents is 2. The Morgan fingerprint density at radius 3 is 1.90 bits per heavy atom. The summed E-state index contributed by atoms with van der Waals surface area (Å²) in [7, 11) is 0. The van der Waals surface area contributed by atoms with E-state index in [0.717, 1.165) is 48.5 Å². The molecule has 1 fully saturated rings. The molecule has 3 rings (SSSR count). The molecule has 3 amide bonds. The third-order valence-corrected chi connectivity index (χ3v) is 5.26. The Morgan fingerprint density at radius 2 is 1.41 bits per heavy atom. The van der Waals surface area contributed by atoms with E-state index < -0.39 is 52.4 Å². The molecule has 0 bridgehead atoms. The molecule has 4 N–H and O–H groups in total. The summed E-state index contributed by atoms with van der Waals surface area (Å²) < 4.78 is 9.13. The number of hydrogen-bond acceptors (Lipinski definition) is 12. The Bertz CT molecular complexity index is 1390. The van der Waals surface area contributed by atoms with E-state index in [1.807, 2.05) is 5.32 Å². The lowest BCUT2D eigenvalue weighted by molar-refractivity contribution is -0.385. The van der Waals surface area contributed by atoms with Gasteiger partial charge in [0.1, 0.15) is 0 Å². The maximum Gasteiger partial charge on any atom is 0.444 e. The molecule has 0 aromatic heterocycles. The monoisotopic (exact) mass is 571 g/mol. The predicted molar refractivity (Wildman–Crippen MR) is 136 cm³/mol. The van der Waals surface area contributed by atoms with Crippen LogP contribution < -0.4 is 21.3 Å². The molecule has 1 aliphatic rings. The number of nitro groups is 2. The topological polar surface area (TPSA) is 251 Å². The molecule has 18 heteroatoms. The minimum absolute atomic E-state index is 0.147. The van der Waals surface area contributed by atoms with Crippen LogP contribution >= 0.6 is 0 Å². The van der Waals surface area contributed by atoms with Gasteiger partial charge in [0.05, 0.1) is 27.5 Å². The molecule has 1 aliphatic heterocycles. The Labute approximate surface area is 229 Å². The first kappa shape index (κ1) is 29.8. The predicted octanol–water partition coefficient (Wildman–Crippen LogP) is 0.770. The number of benzene rings is 2. The Balaban J connectivity index is 1.66. The first-order valence-electron chi connectivity index (χ1n) is 11.6. The molecule has 214 valence electrons. The number of alkyl carbamates (subject to hydrolysis) is 1. The fourth-order valence-corrected chi connectivity index (χ4v) is 3.29. The molecule has 0 unspecified atom stereocenters. The Hall–Kier alpha value is -5.78. The second-order valence-electron chi connectivity index (χ2n) is 8.14. The van der Waals surface area contributed by atoms with Crippen LogP contribution in [0.2, 0.25) is 0 Å². The highest BCUT2D eigenvalue weighted by atomic mass is 16.6. The van der Waals surface area contributed by atoms with E-state index in [1.54, 1.807) is 0 Å². The van der Waals surface area contributed by atoms with Gasteiger partial charge in [-0.1, -0.05) is 0 Å². The van der Waals surface area contributed by atoms with E-state index in [9.17, 15) is 44.2 Å². The quantitative estimate of drug-likeness (QED) is 0.0896. The van der Waals surface area contributed by atoms with E-state index in [1.165, 1.54) is 0 Å². The van der Waals surface area contributed by atoms with Crippen LogP contribution in [0, 0.1) is 20.2 Å². The molecule has 0 spiro atoms. The summed E-state index contributed by atoms with van der Waals surface area (Å²) in [5.74, 6) is -3.71. The lowest BCUT2D eigenvalue weighted by Gasteiger charge is -2.13. The minimum Gasteiger partial charge on any atom is -0.372 e. The van der Waals surface area contributed by atoms with Crippen LogP contribution in [-0.2, 0) is 14.3 Å². The van der Waals surface area contributed by atoms with Crippen molar-refractivity contribution in [1.82, 2.24) is 21.3 Å². The van der Waals surface area contributed by atoms with E-state index in [0.29, 0.717) is 19.5 Å². The highest BCUT2D eigenvalue weighted by Gasteiger charge is 2.21. The van der Waals surface area contributed by atoms with Crippen LogP contribution in [0.4, 0.5) is 21.0 Å². The number of guanidine groups is 1. The van der Waals surface area contributed by atoms with Crippen molar-refractivity contribution in [2.75, 3.05) is 19.6 Å². The van der Waals surface area contributed by atoms with Gasteiger partial charge in [-0.15, -0.1) is 4.99 Å². The van der Waals surface area contributed by atoms with Crippen molar-refractivity contribution in [2.45, 2.75) is 12.5 Å². The zero-order chi connectivity index (χ0) is 29.9. The van der Waals surface area contributed by atoms with Crippen molar-refractivity contribution in [3.63, 3.8) is 0 Å². The number of carbonyl (C=O) groups excluding carboxylic acids is 5. The normalized spacial score (nSPS) is 14.3. The highest BCUT2D eigenvalue weighted by Crippen LogP contribution is 2.14. The van der Waals surface area contributed by atoms with Gasteiger partial charge in [0.25, 0.3) is 11.4 Å². The maximum absolute atomic E-state index is 12.3. The molecule has 2 aromatic carbocycles. The second kappa shape index (κ2) is 13.8. The number of aliphatic imine (C=N–C) groups is 1. The summed E-state index contributed by atoms with van der Waals surface area (Å²) >= 11 is 0. The van der Waals surface area contributed by atoms with Gasteiger partial charge in [-0.05, 0) is 37.2 Å². The molecule has 0 radical (unpaired) electrons.